The first-order chi connectivity index (χ1) is 14.5. The van der Waals surface area contributed by atoms with E-state index in [1.165, 1.54) is 0 Å². The van der Waals surface area contributed by atoms with Gasteiger partial charge in [0, 0.05) is 19.0 Å². The summed E-state index contributed by atoms with van der Waals surface area (Å²) in [6, 6.07) is 12.3. The standard InChI is InChI=1S/C24H28F2N2O2/c1-3-27(4-2)22(17-8-6-5-7-9-17)24(30)28-14-12-18(13-15-28)23(29)20-16-19(25)10-11-21(20)26/h5-11,16,18,22H,3-4,12-15H2,1-2H3. The Morgan fingerprint density at radius 1 is 1.03 bits per heavy atom. The molecule has 1 atom stereocenters. The number of carbonyl (C=O) groups is 2. The maximum absolute atomic E-state index is 14.0. The van der Waals surface area contributed by atoms with Crippen molar-refractivity contribution in [3.63, 3.8) is 0 Å². The highest BCUT2D eigenvalue weighted by molar-refractivity contribution is 5.98. The van der Waals surface area contributed by atoms with Crippen molar-refractivity contribution in [2.45, 2.75) is 32.7 Å². The molecular formula is C24H28F2N2O2. The van der Waals surface area contributed by atoms with Gasteiger partial charge in [0.05, 0.1) is 5.56 Å². The van der Waals surface area contributed by atoms with Crippen LogP contribution in [0.5, 0.6) is 0 Å². The lowest BCUT2D eigenvalue weighted by Gasteiger charge is -2.37. The van der Waals surface area contributed by atoms with E-state index < -0.39 is 17.6 Å². The number of hydrogen-bond acceptors (Lipinski definition) is 3. The summed E-state index contributed by atoms with van der Waals surface area (Å²) in [4.78, 5) is 30.0. The molecule has 1 aliphatic heterocycles. The molecule has 2 aromatic carbocycles. The van der Waals surface area contributed by atoms with Gasteiger partial charge in [-0.05, 0) is 49.7 Å². The lowest BCUT2D eigenvalue weighted by molar-refractivity contribution is -0.138. The number of amides is 1. The summed E-state index contributed by atoms with van der Waals surface area (Å²) in [5.41, 5.74) is 0.747. The van der Waals surface area contributed by atoms with E-state index in [1.54, 1.807) is 4.90 Å². The Morgan fingerprint density at radius 3 is 2.27 bits per heavy atom. The Balaban J connectivity index is 1.72. The van der Waals surface area contributed by atoms with Gasteiger partial charge in [0.2, 0.25) is 5.91 Å². The number of rotatable bonds is 7. The van der Waals surface area contributed by atoms with E-state index in [0.29, 0.717) is 25.9 Å². The van der Waals surface area contributed by atoms with Crippen LogP contribution in [-0.2, 0) is 4.79 Å². The number of carbonyl (C=O) groups excluding carboxylic acids is 2. The summed E-state index contributed by atoms with van der Waals surface area (Å²) >= 11 is 0. The third kappa shape index (κ3) is 4.75. The van der Waals surface area contributed by atoms with Gasteiger partial charge in [-0.15, -0.1) is 0 Å². The Morgan fingerprint density at radius 2 is 1.67 bits per heavy atom. The molecule has 4 nitrogen and oxygen atoms in total. The zero-order valence-electron chi connectivity index (χ0n) is 17.5. The van der Waals surface area contributed by atoms with Crippen LogP contribution in [0.2, 0.25) is 0 Å². The number of likely N-dealkylation sites (N-methyl/N-ethyl adjacent to an activating group) is 1. The van der Waals surface area contributed by atoms with Crippen molar-refractivity contribution in [3.05, 3.63) is 71.3 Å². The Kier molecular flexibility index (Phi) is 7.32. The van der Waals surface area contributed by atoms with Crippen LogP contribution in [0.3, 0.4) is 0 Å². The molecule has 6 heteroatoms. The smallest absolute Gasteiger partial charge is 0.244 e. The molecule has 0 bridgehead atoms. The monoisotopic (exact) mass is 414 g/mol. The number of Topliss-reactive ketones (excluding diaryl/α,β-unsaturated/α-hetero) is 1. The zero-order valence-corrected chi connectivity index (χ0v) is 17.5. The van der Waals surface area contributed by atoms with Crippen LogP contribution >= 0.6 is 0 Å². The fourth-order valence-corrected chi connectivity index (χ4v) is 4.17. The highest BCUT2D eigenvalue weighted by Gasteiger charge is 2.34. The van der Waals surface area contributed by atoms with Crippen molar-refractivity contribution in [2.75, 3.05) is 26.2 Å². The first-order valence-electron chi connectivity index (χ1n) is 10.5. The van der Waals surface area contributed by atoms with Gasteiger partial charge in [0.25, 0.3) is 0 Å². The van der Waals surface area contributed by atoms with E-state index in [2.05, 4.69) is 4.90 Å². The maximum Gasteiger partial charge on any atom is 0.244 e. The second-order valence-electron chi connectivity index (χ2n) is 7.62. The van der Waals surface area contributed by atoms with Gasteiger partial charge in [0.15, 0.2) is 5.78 Å². The molecule has 1 aliphatic rings. The SMILES string of the molecule is CCN(CC)C(C(=O)N1CCC(C(=O)c2cc(F)ccc2F)CC1)c1ccccc1. The molecule has 0 saturated carbocycles. The molecule has 3 rings (SSSR count). The van der Waals surface area contributed by atoms with Gasteiger partial charge >= 0.3 is 0 Å². The van der Waals surface area contributed by atoms with E-state index >= 15 is 0 Å². The van der Waals surface area contributed by atoms with Crippen molar-refractivity contribution >= 4 is 11.7 Å². The molecule has 1 heterocycles. The third-order valence-electron chi connectivity index (χ3n) is 5.90. The Labute approximate surface area is 176 Å². The lowest BCUT2D eigenvalue weighted by Crippen LogP contribution is -2.47. The number of ketones is 1. The molecule has 0 N–H and O–H groups in total. The van der Waals surface area contributed by atoms with Crippen LogP contribution in [-0.4, -0.2) is 47.7 Å². The summed E-state index contributed by atoms with van der Waals surface area (Å²) in [6.07, 6.45) is 0.889. The Hall–Kier alpha value is -2.60. The number of piperidine rings is 1. The second-order valence-corrected chi connectivity index (χ2v) is 7.62. The van der Waals surface area contributed by atoms with Crippen molar-refractivity contribution in [2.24, 2.45) is 5.92 Å². The Bertz CT molecular complexity index is 876. The van der Waals surface area contributed by atoms with Crippen molar-refractivity contribution < 1.29 is 18.4 Å². The molecular weight excluding hydrogens is 386 g/mol. The van der Waals surface area contributed by atoms with E-state index in [0.717, 1.165) is 36.9 Å². The predicted molar refractivity (Wildman–Crippen MR) is 112 cm³/mol. The van der Waals surface area contributed by atoms with Gasteiger partial charge in [-0.2, -0.15) is 0 Å². The summed E-state index contributed by atoms with van der Waals surface area (Å²) < 4.78 is 27.4. The van der Waals surface area contributed by atoms with Crippen LogP contribution in [0.25, 0.3) is 0 Å². The van der Waals surface area contributed by atoms with Crippen LogP contribution < -0.4 is 0 Å². The maximum atomic E-state index is 14.0. The molecule has 0 spiro atoms. The highest BCUT2D eigenvalue weighted by Crippen LogP contribution is 2.28. The fourth-order valence-electron chi connectivity index (χ4n) is 4.17. The summed E-state index contributed by atoms with van der Waals surface area (Å²) in [5, 5.41) is 0. The molecule has 1 saturated heterocycles. The average Bonchev–Trinajstić information content (AvgIpc) is 2.78. The third-order valence-corrected chi connectivity index (χ3v) is 5.90. The van der Waals surface area contributed by atoms with Gasteiger partial charge < -0.3 is 4.90 Å². The fraction of sp³-hybridized carbons (Fsp3) is 0.417. The minimum atomic E-state index is -0.703. The van der Waals surface area contributed by atoms with Crippen LogP contribution in [0.15, 0.2) is 48.5 Å². The van der Waals surface area contributed by atoms with E-state index in [1.807, 2.05) is 44.2 Å². The van der Waals surface area contributed by atoms with Gasteiger partial charge in [-0.25, -0.2) is 8.78 Å². The second kappa shape index (κ2) is 9.94. The number of halogens is 2. The first kappa shape index (κ1) is 22.1. The van der Waals surface area contributed by atoms with Crippen LogP contribution in [0.1, 0.15) is 48.7 Å². The minimum absolute atomic E-state index is 0.0211. The molecule has 2 aromatic rings. The predicted octanol–water partition coefficient (Wildman–Crippen LogP) is 4.47. The van der Waals surface area contributed by atoms with Crippen molar-refractivity contribution in [1.82, 2.24) is 9.80 Å². The molecule has 0 radical (unpaired) electrons. The van der Waals surface area contributed by atoms with Gasteiger partial charge in [-0.3, -0.25) is 14.5 Å². The van der Waals surface area contributed by atoms with E-state index in [9.17, 15) is 18.4 Å². The minimum Gasteiger partial charge on any atom is -0.341 e. The quantitative estimate of drug-likeness (QED) is 0.628. The van der Waals surface area contributed by atoms with Crippen LogP contribution in [0, 0.1) is 17.6 Å². The number of benzene rings is 2. The summed E-state index contributed by atoms with van der Waals surface area (Å²) in [7, 11) is 0. The highest BCUT2D eigenvalue weighted by atomic mass is 19.1. The molecule has 160 valence electrons. The largest absolute Gasteiger partial charge is 0.341 e. The van der Waals surface area contributed by atoms with Crippen molar-refractivity contribution in [1.29, 1.82) is 0 Å². The molecule has 1 unspecified atom stereocenters. The zero-order chi connectivity index (χ0) is 21.7. The first-order valence-corrected chi connectivity index (χ1v) is 10.5. The molecule has 0 aliphatic carbocycles. The molecule has 0 aromatic heterocycles. The molecule has 1 amide bonds. The number of likely N-dealkylation sites (tertiary alicyclic amines) is 1. The molecule has 30 heavy (non-hydrogen) atoms. The average molecular weight is 414 g/mol. The summed E-state index contributed by atoms with van der Waals surface area (Å²) in [6.45, 7) is 6.41. The van der Waals surface area contributed by atoms with Gasteiger partial charge in [-0.1, -0.05) is 44.2 Å². The van der Waals surface area contributed by atoms with E-state index in [-0.39, 0.29) is 23.3 Å². The number of hydrogen-bond donors (Lipinski definition) is 0. The number of nitrogens with zero attached hydrogens (tertiary/aromatic N) is 2. The normalized spacial score (nSPS) is 16.0. The van der Waals surface area contributed by atoms with Gasteiger partial charge in [0.1, 0.15) is 17.7 Å². The van der Waals surface area contributed by atoms with E-state index in [4.69, 9.17) is 0 Å². The molecule has 1 fully saturated rings. The lowest BCUT2D eigenvalue weighted by atomic mass is 9.88. The van der Waals surface area contributed by atoms with Crippen molar-refractivity contribution in [3.8, 4) is 0 Å². The van der Waals surface area contributed by atoms with Crippen LogP contribution in [0.4, 0.5) is 8.78 Å². The summed E-state index contributed by atoms with van der Waals surface area (Å²) in [5.74, 6) is -2.10. The topological polar surface area (TPSA) is 40.6 Å².